The lowest BCUT2D eigenvalue weighted by Gasteiger charge is -2.24. The summed E-state index contributed by atoms with van der Waals surface area (Å²) in [6.07, 6.45) is 1.38. The minimum atomic E-state index is -0.0935. The molecule has 1 aliphatic heterocycles. The van der Waals surface area contributed by atoms with E-state index >= 15 is 0 Å². The molecule has 5 heteroatoms. The number of carbonyl (C=O) groups excluding carboxylic acids is 1. The van der Waals surface area contributed by atoms with Crippen LogP contribution >= 0.6 is 0 Å². The molecule has 0 spiro atoms. The minimum absolute atomic E-state index is 0.0444. The fraction of sp³-hybridized carbons (Fsp3) is 0.250. The fourth-order valence-electron chi connectivity index (χ4n) is 1.41. The maximum Gasteiger partial charge on any atom is 0.249 e. The number of benzene rings is 1. The first kappa shape index (κ1) is 11.3. The van der Waals surface area contributed by atoms with Crippen molar-refractivity contribution >= 4 is 18.1 Å². The topological polar surface area (TPSA) is 57.1 Å². The molecule has 0 unspecified atom stereocenters. The van der Waals surface area contributed by atoms with Gasteiger partial charge in [0, 0.05) is 11.5 Å². The van der Waals surface area contributed by atoms with Crippen molar-refractivity contribution in [2.24, 2.45) is 16.1 Å². The standard InChI is InChI=1S/C12H14N4O/c1-9(2)12(17)16-8-13-14-11(15-16)10-6-4-3-5-7-10/h3-9H,1-2H3,(H,14,15). The predicted molar refractivity (Wildman–Crippen MR) is 66.3 cm³/mol. The first-order valence-electron chi connectivity index (χ1n) is 5.45. The molecule has 1 aromatic rings. The Morgan fingerprint density at radius 2 is 2.00 bits per heavy atom. The summed E-state index contributed by atoms with van der Waals surface area (Å²) < 4.78 is 0. The van der Waals surface area contributed by atoms with E-state index in [2.05, 4.69) is 15.6 Å². The third-order valence-corrected chi connectivity index (χ3v) is 2.33. The molecular formula is C12H14N4O. The molecule has 1 N–H and O–H groups in total. The Hall–Kier alpha value is -2.17. The Bertz CT molecular complexity index is 465. The highest BCUT2D eigenvalue weighted by molar-refractivity contribution is 6.03. The Morgan fingerprint density at radius 3 is 2.65 bits per heavy atom. The summed E-state index contributed by atoms with van der Waals surface area (Å²) in [4.78, 5) is 11.8. The summed E-state index contributed by atoms with van der Waals surface area (Å²) in [6, 6.07) is 9.56. The van der Waals surface area contributed by atoms with E-state index in [9.17, 15) is 4.79 Å². The van der Waals surface area contributed by atoms with E-state index in [4.69, 9.17) is 0 Å². The summed E-state index contributed by atoms with van der Waals surface area (Å²) in [7, 11) is 0. The van der Waals surface area contributed by atoms with Crippen molar-refractivity contribution in [3.8, 4) is 0 Å². The largest absolute Gasteiger partial charge is 0.272 e. The zero-order valence-corrected chi connectivity index (χ0v) is 9.79. The van der Waals surface area contributed by atoms with Crippen LogP contribution < -0.4 is 5.43 Å². The predicted octanol–water partition coefficient (Wildman–Crippen LogP) is 1.38. The number of nitrogens with zero attached hydrogens (tertiary/aromatic N) is 3. The van der Waals surface area contributed by atoms with E-state index in [1.807, 2.05) is 44.2 Å². The highest BCUT2D eigenvalue weighted by atomic mass is 16.2. The molecule has 1 heterocycles. The lowest BCUT2D eigenvalue weighted by atomic mass is 10.2. The summed E-state index contributed by atoms with van der Waals surface area (Å²) >= 11 is 0. The molecule has 0 saturated carbocycles. The second-order valence-corrected chi connectivity index (χ2v) is 4.02. The fourth-order valence-corrected chi connectivity index (χ4v) is 1.41. The van der Waals surface area contributed by atoms with Crippen molar-refractivity contribution in [3.05, 3.63) is 35.9 Å². The molecule has 17 heavy (non-hydrogen) atoms. The molecule has 0 radical (unpaired) electrons. The second-order valence-electron chi connectivity index (χ2n) is 4.02. The monoisotopic (exact) mass is 230 g/mol. The van der Waals surface area contributed by atoms with Gasteiger partial charge in [0.15, 0.2) is 5.84 Å². The number of hydrazine groups is 1. The lowest BCUT2D eigenvalue weighted by Crippen LogP contribution is -2.48. The molecule has 0 aliphatic carbocycles. The van der Waals surface area contributed by atoms with E-state index in [1.165, 1.54) is 11.3 Å². The van der Waals surface area contributed by atoms with Gasteiger partial charge in [0.25, 0.3) is 0 Å². The summed E-state index contributed by atoms with van der Waals surface area (Å²) in [5.41, 5.74) is 3.83. The molecule has 0 fully saturated rings. The van der Waals surface area contributed by atoms with Crippen LogP contribution in [0.4, 0.5) is 0 Å². The van der Waals surface area contributed by atoms with Gasteiger partial charge in [-0.2, -0.15) is 0 Å². The molecule has 2 rings (SSSR count). The Labute approximate surface area is 99.8 Å². The van der Waals surface area contributed by atoms with Gasteiger partial charge in [0.1, 0.15) is 6.34 Å². The van der Waals surface area contributed by atoms with Gasteiger partial charge < -0.3 is 0 Å². The number of nitrogens with one attached hydrogen (secondary N) is 1. The van der Waals surface area contributed by atoms with E-state index in [-0.39, 0.29) is 11.8 Å². The van der Waals surface area contributed by atoms with Gasteiger partial charge in [-0.3, -0.25) is 10.2 Å². The summed E-state index contributed by atoms with van der Waals surface area (Å²) in [5.74, 6) is 0.434. The zero-order valence-electron chi connectivity index (χ0n) is 9.79. The number of rotatable bonds is 2. The van der Waals surface area contributed by atoms with Crippen molar-refractivity contribution in [2.45, 2.75) is 13.8 Å². The van der Waals surface area contributed by atoms with Crippen LogP contribution in [0.5, 0.6) is 0 Å². The molecule has 1 amide bonds. The van der Waals surface area contributed by atoms with E-state index in [0.29, 0.717) is 5.84 Å². The van der Waals surface area contributed by atoms with E-state index in [1.54, 1.807) is 0 Å². The normalized spacial score (nSPS) is 14.5. The molecule has 0 saturated heterocycles. The van der Waals surface area contributed by atoms with Crippen molar-refractivity contribution in [1.29, 1.82) is 0 Å². The molecule has 88 valence electrons. The van der Waals surface area contributed by atoms with Crippen molar-refractivity contribution < 1.29 is 4.79 Å². The van der Waals surface area contributed by atoms with E-state index < -0.39 is 0 Å². The molecule has 0 bridgehead atoms. The first-order chi connectivity index (χ1) is 8.18. The third-order valence-electron chi connectivity index (χ3n) is 2.33. The Kier molecular flexibility index (Phi) is 3.18. The van der Waals surface area contributed by atoms with Crippen LogP contribution in [0.3, 0.4) is 0 Å². The van der Waals surface area contributed by atoms with Crippen LogP contribution in [0.1, 0.15) is 19.4 Å². The maximum absolute atomic E-state index is 11.8. The van der Waals surface area contributed by atoms with Crippen molar-refractivity contribution in [1.82, 2.24) is 10.4 Å². The van der Waals surface area contributed by atoms with Crippen molar-refractivity contribution in [2.75, 3.05) is 0 Å². The van der Waals surface area contributed by atoms with Gasteiger partial charge in [-0.15, -0.1) is 10.2 Å². The van der Waals surface area contributed by atoms with Crippen LogP contribution in [0.2, 0.25) is 0 Å². The number of amides is 1. The second kappa shape index (κ2) is 4.78. The SMILES string of the molecule is CC(C)C(=O)N1C=NN=C(c2ccccc2)N1. The zero-order chi connectivity index (χ0) is 12.3. The van der Waals surface area contributed by atoms with Gasteiger partial charge >= 0.3 is 0 Å². The van der Waals surface area contributed by atoms with Crippen LogP contribution in [0.25, 0.3) is 0 Å². The minimum Gasteiger partial charge on any atom is -0.272 e. The van der Waals surface area contributed by atoms with Crippen LogP contribution in [0, 0.1) is 5.92 Å². The summed E-state index contributed by atoms with van der Waals surface area (Å²) in [6.45, 7) is 3.68. The molecule has 0 aromatic heterocycles. The average Bonchev–Trinajstić information content (AvgIpc) is 2.39. The van der Waals surface area contributed by atoms with Crippen LogP contribution in [-0.4, -0.2) is 23.1 Å². The van der Waals surface area contributed by atoms with Gasteiger partial charge in [-0.25, -0.2) is 5.01 Å². The smallest absolute Gasteiger partial charge is 0.249 e. The van der Waals surface area contributed by atoms with Gasteiger partial charge in [0.05, 0.1) is 0 Å². The molecule has 1 aromatic carbocycles. The third kappa shape index (κ3) is 2.50. The Morgan fingerprint density at radius 1 is 1.29 bits per heavy atom. The van der Waals surface area contributed by atoms with Gasteiger partial charge in [0.2, 0.25) is 5.91 Å². The van der Waals surface area contributed by atoms with Crippen LogP contribution in [-0.2, 0) is 4.79 Å². The van der Waals surface area contributed by atoms with Gasteiger partial charge in [-0.1, -0.05) is 44.2 Å². The van der Waals surface area contributed by atoms with Gasteiger partial charge in [-0.05, 0) is 0 Å². The Balaban J connectivity index is 2.16. The number of hydrogen-bond donors (Lipinski definition) is 1. The lowest BCUT2D eigenvalue weighted by molar-refractivity contribution is -0.131. The summed E-state index contributed by atoms with van der Waals surface area (Å²) in [5, 5.41) is 9.16. The molecule has 5 nitrogen and oxygen atoms in total. The highest BCUT2D eigenvalue weighted by Crippen LogP contribution is 2.05. The first-order valence-corrected chi connectivity index (χ1v) is 5.45. The molecule has 1 aliphatic rings. The average molecular weight is 230 g/mol. The maximum atomic E-state index is 11.8. The molecule has 0 atom stereocenters. The van der Waals surface area contributed by atoms with E-state index in [0.717, 1.165) is 5.56 Å². The quantitative estimate of drug-likeness (QED) is 0.834. The number of amidine groups is 1. The van der Waals surface area contributed by atoms with Crippen LogP contribution in [0.15, 0.2) is 40.5 Å². The molecular weight excluding hydrogens is 216 g/mol. The van der Waals surface area contributed by atoms with Crippen molar-refractivity contribution in [3.63, 3.8) is 0 Å². The highest BCUT2D eigenvalue weighted by Gasteiger charge is 2.19. The number of hydrogen-bond acceptors (Lipinski definition) is 4. The number of carbonyl (C=O) groups is 1.